The third kappa shape index (κ3) is 5.45. The predicted octanol–water partition coefficient (Wildman–Crippen LogP) is 3.32. The lowest BCUT2D eigenvalue weighted by Gasteiger charge is -2.09. The highest BCUT2D eigenvalue weighted by Gasteiger charge is 2.33. The summed E-state index contributed by atoms with van der Waals surface area (Å²) in [6, 6.07) is 6.92. The van der Waals surface area contributed by atoms with Crippen molar-refractivity contribution in [1.29, 1.82) is 0 Å². The van der Waals surface area contributed by atoms with E-state index in [0.717, 1.165) is 17.8 Å². The molecule has 1 heterocycles. The summed E-state index contributed by atoms with van der Waals surface area (Å²) in [6.45, 7) is 1.42. The van der Waals surface area contributed by atoms with Crippen molar-refractivity contribution in [1.82, 2.24) is 9.97 Å². The third-order valence-electron chi connectivity index (χ3n) is 3.02. The Labute approximate surface area is 151 Å². The molecule has 2 rings (SSSR count). The number of carbonyl (C=O) groups excluding carboxylic acids is 2. The number of aromatic nitrogens is 2. The minimum atomic E-state index is -4.58. The highest BCUT2D eigenvalue weighted by atomic mass is 32.2. The third-order valence-corrected chi connectivity index (χ3v) is 3.87. The number of aryl methyl sites for hydroxylation is 1. The van der Waals surface area contributed by atoms with Crippen LogP contribution in [0.25, 0.3) is 0 Å². The number of hydrogen-bond acceptors (Lipinski definition) is 6. The van der Waals surface area contributed by atoms with Crippen LogP contribution in [-0.2, 0) is 15.7 Å². The van der Waals surface area contributed by atoms with E-state index in [0.29, 0.717) is 5.69 Å². The van der Waals surface area contributed by atoms with Crippen molar-refractivity contribution in [3.8, 4) is 0 Å². The average molecular weight is 385 g/mol. The molecule has 0 aliphatic carbocycles. The normalized spacial score (nSPS) is 11.1. The molecular formula is C16H14F3N3O3S. The van der Waals surface area contributed by atoms with Gasteiger partial charge in [0.2, 0.25) is 5.91 Å². The maximum absolute atomic E-state index is 12.7. The van der Waals surface area contributed by atoms with E-state index in [9.17, 15) is 22.8 Å². The van der Waals surface area contributed by atoms with Crippen molar-refractivity contribution in [3.05, 3.63) is 47.3 Å². The molecule has 1 aromatic carbocycles. The molecular weight excluding hydrogens is 371 g/mol. The summed E-state index contributed by atoms with van der Waals surface area (Å²) in [5.41, 5.74) is -0.283. The minimum absolute atomic E-state index is 0.143. The van der Waals surface area contributed by atoms with E-state index in [1.54, 1.807) is 12.1 Å². The zero-order valence-corrected chi connectivity index (χ0v) is 14.6. The Balaban J connectivity index is 2.01. The molecule has 2 aromatic rings. The maximum Gasteiger partial charge on any atom is 0.433 e. The largest absolute Gasteiger partial charge is 0.465 e. The number of nitrogens with zero attached hydrogens (tertiary/aromatic N) is 2. The van der Waals surface area contributed by atoms with Gasteiger partial charge in [0.15, 0.2) is 5.16 Å². The van der Waals surface area contributed by atoms with Crippen molar-refractivity contribution in [3.63, 3.8) is 0 Å². The van der Waals surface area contributed by atoms with Gasteiger partial charge < -0.3 is 10.1 Å². The van der Waals surface area contributed by atoms with Crippen LogP contribution in [0.2, 0.25) is 0 Å². The Bertz CT molecular complexity index is 828. The van der Waals surface area contributed by atoms with Crippen molar-refractivity contribution < 1.29 is 27.5 Å². The van der Waals surface area contributed by atoms with Crippen LogP contribution in [-0.4, -0.2) is 34.7 Å². The zero-order valence-electron chi connectivity index (χ0n) is 13.8. The number of halogens is 3. The number of alkyl halides is 3. The second-order valence-electron chi connectivity index (χ2n) is 5.08. The van der Waals surface area contributed by atoms with Gasteiger partial charge in [0.1, 0.15) is 5.69 Å². The molecule has 0 saturated carbocycles. The first-order valence-corrected chi connectivity index (χ1v) is 8.21. The van der Waals surface area contributed by atoms with Crippen molar-refractivity contribution in [2.45, 2.75) is 18.3 Å². The Hall–Kier alpha value is -2.62. The lowest BCUT2D eigenvalue weighted by atomic mass is 10.2. The molecule has 1 aromatic heterocycles. The van der Waals surface area contributed by atoms with E-state index in [1.807, 2.05) is 0 Å². The molecule has 0 saturated heterocycles. The van der Waals surface area contributed by atoms with Gasteiger partial charge in [0.05, 0.1) is 18.4 Å². The van der Waals surface area contributed by atoms with Crippen LogP contribution in [0.15, 0.2) is 35.5 Å². The SMILES string of the molecule is COC(=O)c1cccc(NC(=O)CSc2nc(C)cc(C(F)(F)F)n2)c1. The number of thioether (sulfide) groups is 1. The van der Waals surface area contributed by atoms with Gasteiger partial charge in [-0.1, -0.05) is 17.8 Å². The first kappa shape index (κ1) is 19.7. The summed E-state index contributed by atoms with van der Waals surface area (Å²) in [5, 5.41) is 2.40. The van der Waals surface area contributed by atoms with Crippen molar-refractivity contribution in [2.75, 3.05) is 18.2 Å². The topological polar surface area (TPSA) is 81.2 Å². The molecule has 1 N–H and O–H groups in total. The molecule has 138 valence electrons. The highest BCUT2D eigenvalue weighted by Crippen LogP contribution is 2.29. The molecule has 0 fully saturated rings. The van der Waals surface area contributed by atoms with E-state index >= 15 is 0 Å². The standard InChI is InChI=1S/C16H14F3N3O3S/c1-9-6-12(16(17,18)19)22-15(20-9)26-8-13(23)21-11-5-3-4-10(7-11)14(24)25-2/h3-7H,8H2,1-2H3,(H,21,23). The van der Waals surface area contributed by atoms with Crippen LogP contribution >= 0.6 is 11.8 Å². The molecule has 0 radical (unpaired) electrons. The highest BCUT2D eigenvalue weighted by molar-refractivity contribution is 7.99. The van der Waals surface area contributed by atoms with E-state index in [1.165, 1.54) is 26.2 Å². The number of nitrogens with one attached hydrogen (secondary N) is 1. The molecule has 10 heteroatoms. The summed E-state index contributed by atoms with van der Waals surface area (Å²) >= 11 is 0.781. The second-order valence-corrected chi connectivity index (χ2v) is 6.03. The molecule has 0 aliphatic heterocycles. The number of carbonyl (C=O) groups is 2. The number of benzene rings is 1. The van der Waals surface area contributed by atoms with E-state index < -0.39 is 23.7 Å². The lowest BCUT2D eigenvalue weighted by Crippen LogP contribution is -2.15. The van der Waals surface area contributed by atoms with E-state index in [4.69, 9.17) is 0 Å². The fourth-order valence-corrected chi connectivity index (χ4v) is 2.62. The number of amides is 1. The Kier molecular flexibility index (Phi) is 6.19. The molecule has 0 unspecified atom stereocenters. The van der Waals surface area contributed by atoms with E-state index in [-0.39, 0.29) is 22.2 Å². The van der Waals surface area contributed by atoms with Crippen LogP contribution in [0.5, 0.6) is 0 Å². The molecule has 0 bridgehead atoms. The van der Waals surface area contributed by atoms with Gasteiger partial charge >= 0.3 is 12.1 Å². The van der Waals surface area contributed by atoms with E-state index in [2.05, 4.69) is 20.0 Å². The van der Waals surface area contributed by atoms with Gasteiger partial charge in [-0.3, -0.25) is 4.79 Å². The minimum Gasteiger partial charge on any atom is -0.465 e. The number of ether oxygens (including phenoxy) is 1. The molecule has 26 heavy (non-hydrogen) atoms. The van der Waals surface area contributed by atoms with Gasteiger partial charge in [-0.25, -0.2) is 14.8 Å². The number of esters is 1. The fraction of sp³-hybridized carbons (Fsp3) is 0.250. The average Bonchev–Trinajstić information content (AvgIpc) is 2.58. The van der Waals surface area contributed by atoms with Gasteiger partial charge in [-0.2, -0.15) is 13.2 Å². The van der Waals surface area contributed by atoms with Gasteiger partial charge in [0.25, 0.3) is 0 Å². The van der Waals surface area contributed by atoms with Crippen LogP contribution in [0.3, 0.4) is 0 Å². The van der Waals surface area contributed by atoms with Gasteiger partial charge in [-0.15, -0.1) is 0 Å². The summed E-state index contributed by atoms with van der Waals surface area (Å²) in [6.07, 6.45) is -4.58. The first-order chi connectivity index (χ1) is 12.2. The monoisotopic (exact) mass is 385 g/mol. The van der Waals surface area contributed by atoms with Crippen LogP contribution in [0.4, 0.5) is 18.9 Å². The fourth-order valence-electron chi connectivity index (χ4n) is 1.92. The Morgan fingerprint density at radius 3 is 2.62 bits per heavy atom. The van der Waals surface area contributed by atoms with Crippen LogP contribution in [0, 0.1) is 6.92 Å². The van der Waals surface area contributed by atoms with Gasteiger partial charge in [-0.05, 0) is 31.2 Å². The number of methoxy groups -OCH3 is 1. The summed E-state index contributed by atoms with van der Waals surface area (Å²) in [7, 11) is 1.24. The zero-order chi connectivity index (χ0) is 19.3. The number of rotatable bonds is 5. The summed E-state index contributed by atoms with van der Waals surface area (Å²) in [4.78, 5) is 30.7. The smallest absolute Gasteiger partial charge is 0.433 e. The van der Waals surface area contributed by atoms with Crippen molar-refractivity contribution >= 4 is 29.3 Å². The Morgan fingerprint density at radius 1 is 1.23 bits per heavy atom. The molecule has 6 nitrogen and oxygen atoms in total. The first-order valence-electron chi connectivity index (χ1n) is 7.23. The maximum atomic E-state index is 12.7. The van der Waals surface area contributed by atoms with Crippen molar-refractivity contribution in [2.24, 2.45) is 0 Å². The van der Waals surface area contributed by atoms with Crippen LogP contribution in [0.1, 0.15) is 21.7 Å². The second kappa shape index (κ2) is 8.17. The lowest BCUT2D eigenvalue weighted by molar-refractivity contribution is -0.141. The Morgan fingerprint density at radius 2 is 1.96 bits per heavy atom. The quantitative estimate of drug-likeness (QED) is 0.483. The van der Waals surface area contributed by atoms with Crippen LogP contribution < -0.4 is 5.32 Å². The molecule has 1 amide bonds. The predicted molar refractivity (Wildman–Crippen MR) is 88.9 cm³/mol. The summed E-state index contributed by atoms with van der Waals surface area (Å²) < 4.78 is 42.8. The summed E-state index contributed by atoms with van der Waals surface area (Å²) in [5.74, 6) is -1.22. The molecule has 0 aliphatic rings. The molecule has 0 atom stereocenters. The number of hydrogen-bond donors (Lipinski definition) is 1. The number of anilines is 1. The molecule has 0 spiro atoms. The van der Waals surface area contributed by atoms with Gasteiger partial charge in [0, 0.05) is 11.4 Å².